The van der Waals surface area contributed by atoms with Crippen LogP contribution in [0.2, 0.25) is 5.02 Å². The van der Waals surface area contributed by atoms with E-state index < -0.39 is 35.2 Å². The Bertz CT molecular complexity index is 1510. The number of benzene rings is 3. The number of amides is 1. The first kappa shape index (κ1) is 27.6. The molecule has 3 N–H and O–H groups in total. The highest BCUT2D eigenvalue weighted by atomic mass is 35.5. The van der Waals surface area contributed by atoms with Gasteiger partial charge in [0.2, 0.25) is 0 Å². The fourth-order valence-corrected chi connectivity index (χ4v) is 6.18. The van der Waals surface area contributed by atoms with E-state index >= 15 is 0 Å². The van der Waals surface area contributed by atoms with Gasteiger partial charge in [0.1, 0.15) is 21.3 Å². The molecule has 0 spiro atoms. The van der Waals surface area contributed by atoms with Gasteiger partial charge in [-0.05, 0) is 42.5 Å². The van der Waals surface area contributed by atoms with E-state index in [0.29, 0.717) is 10.0 Å². The van der Waals surface area contributed by atoms with E-state index in [1.807, 2.05) is 30.3 Å². The van der Waals surface area contributed by atoms with E-state index in [0.717, 1.165) is 9.87 Å². The van der Waals surface area contributed by atoms with Gasteiger partial charge in [-0.25, -0.2) is 13.4 Å². The third kappa shape index (κ3) is 6.14. The van der Waals surface area contributed by atoms with Crippen molar-refractivity contribution in [1.29, 1.82) is 0 Å². The Labute approximate surface area is 229 Å². The Kier molecular flexibility index (Phi) is 8.65. The Morgan fingerprint density at radius 2 is 1.84 bits per heavy atom. The Hall–Kier alpha value is -3.48. The molecule has 0 saturated carbocycles. The number of thiazole rings is 1. The maximum atomic E-state index is 13.8. The Morgan fingerprint density at radius 1 is 1.13 bits per heavy atom. The lowest BCUT2D eigenvalue weighted by Crippen LogP contribution is -2.39. The van der Waals surface area contributed by atoms with Crippen LogP contribution in [-0.4, -0.2) is 55.9 Å². The van der Waals surface area contributed by atoms with Crippen LogP contribution in [0.4, 0.5) is 11.4 Å². The highest BCUT2D eigenvalue weighted by Crippen LogP contribution is 2.33. The van der Waals surface area contributed by atoms with Gasteiger partial charge in [0, 0.05) is 21.7 Å². The van der Waals surface area contributed by atoms with Gasteiger partial charge in [0.05, 0.1) is 32.1 Å². The van der Waals surface area contributed by atoms with E-state index in [1.165, 1.54) is 60.9 Å². The van der Waals surface area contributed by atoms with E-state index in [2.05, 4.69) is 10.3 Å². The first-order valence-corrected chi connectivity index (χ1v) is 14.0. The van der Waals surface area contributed by atoms with Gasteiger partial charge < -0.3 is 20.3 Å². The summed E-state index contributed by atoms with van der Waals surface area (Å²) in [6.07, 6.45) is -1.35. The minimum atomic E-state index is -4.34. The molecule has 1 aromatic heterocycles. The molecule has 1 unspecified atom stereocenters. The van der Waals surface area contributed by atoms with Gasteiger partial charge >= 0.3 is 0 Å². The van der Waals surface area contributed by atoms with Gasteiger partial charge in [-0.3, -0.25) is 9.10 Å². The lowest BCUT2D eigenvalue weighted by Gasteiger charge is -2.27. The van der Waals surface area contributed by atoms with Crippen LogP contribution in [0.5, 0.6) is 5.75 Å². The number of aliphatic hydroxyl groups is 2. The number of aliphatic hydroxyl groups excluding tert-OH is 2. The second-order valence-electron chi connectivity index (χ2n) is 8.07. The molecule has 38 heavy (non-hydrogen) atoms. The van der Waals surface area contributed by atoms with Crippen molar-refractivity contribution in [2.24, 2.45) is 0 Å². The molecule has 3 aromatic carbocycles. The largest absolute Gasteiger partial charge is 0.495 e. The molecular formula is C26H24ClN3O6S2. The predicted molar refractivity (Wildman–Crippen MR) is 148 cm³/mol. The maximum Gasteiger partial charge on any atom is 0.275 e. The SMILES string of the molecule is COc1ccc(NC(=O)c2csc(-c3ccccc3)n2)cc1S(=O)(=O)N(CC(O)CO)c1ccc(Cl)cc1. The minimum absolute atomic E-state index is 0.0282. The summed E-state index contributed by atoms with van der Waals surface area (Å²) < 4.78 is 33.9. The second-order valence-corrected chi connectivity index (χ2v) is 11.2. The maximum absolute atomic E-state index is 13.8. The van der Waals surface area contributed by atoms with Crippen LogP contribution in [-0.2, 0) is 10.0 Å². The van der Waals surface area contributed by atoms with E-state index in [-0.39, 0.29) is 27.7 Å². The standard InChI is InChI=1S/C26H24ClN3O6S2/c1-36-23-12-9-19(28-25(33)22-16-37-26(29-22)17-5-3-2-4-6-17)13-24(23)38(34,35)30(14-21(32)15-31)20-10-7-18(27)8-11-20/h2-13,16,21,31-32H,14-15H2,1H3,(H,28,33). The first-order valence-electron chi connectivity index (χ1n) is 11.3. The third-order valence-corrected chi connectivity index (χ3v) is 8.41. The molecule has 4 aromatic rings. The van der Waals surface area contributed by atoms with Crippen molar-refractivity contribution in [2.45, 2.75) is 11.0 Å². The number of hydrogen-bond acceptors (Lipinski definition) is 8. The summed E-state index contributed by atoms with van der Waals surface area (Å²) >= 11 is 7.28. The number of methoxy groups -OCH3 is 1. The molecular weight excluding hydrogens is 550 g/mol. The van der Waals surface area contributed by atoms with Crippen molar-refractivity contribution in [3.63, 3.8) is 0 Å². The van der Waals surface area contributed by atoms with E-state index in [1.54, 1.807) is 5.38 Å². The summed E-state index contributed by atoms with van der Waals surface area (Å²) in [4.78, 5) is 17.1. The lowest BCUT2D eigenvalue weighted by atomic mass is 10.2. The predicted octanol–water partition coefficient (Wildman–Crippen LogP) is 4.27. The zero-order valence-electron chi connectivity index (χ0n) is 20.1. The monoisotopic (exact) mass is 573 g/mol. The number of carbonyl (C=O) groups is 1. The van der Waals surface area contributed by atoms with Crippen molar-refractivity contribution in [3.8, 4) is 16.3 Å². The highest BCUT2D eigenvalue weighted by molar-refractivity contribution is 7.93. The fraction of sp³-hybridized carbons (Fsp3) is 0.154. The smallest absolute Gasteiger partial charge is 0.275 e. The molecule has 1 heterocycles. The molecule has 9 nitrogen and oxygen atoms in total. The van der Waals surface area contributed by atoms with E-state index in [4.69, 9.17) is 16.3 Å². The molecule has 12 heteroatoms. The van der Waals surface area contributed by atoms with Gasteiger partial charge in [0.25, 0.3) is 15.9 Å². The summed E-state index contributed by atoms with van der Waals surface area (Å²) in [7, 11) is -3.02. The quantitative estimate of drug-likeness (QED) is 0.258. The van der Waals surface area contributed by atoms with Gasteiger partial charge in [0.15, 0.2) is 0 Å². The molecule has 1 amide bonds. The van der Waals surface area contributed by atoms with Crippen LogP contribution in [0.25, 0.3) is 10.6 Å². The van der Waals surface area contributed by atoms with E-state index in [9.17, 15) is 23.4 Å². The van der Waals surface area contributed by atoms with Crippen molar-refractivity contribution >= 4 is 50.2 Å². The van der Waals surface area contributed by atoms with Crippen LogP contribution in [0.1, 0.15) is 10.5 Å². The normalized spacial score (nSPS) is 12.1. The Balaban J connectivity index is 1.66. The molecule has 0 fully saturated rings. The van der Waals surface area contributed by atoms with Gasteiger partial charge in [-0.2, -0.15) is 0 Å². The summed E-state index contributed by atoms with van der Waals surface area (Å²) in [6, 6.07) is 19.6. The van der Waals surface area contributed by atoms with Gasteiger partial charge in [-0.15, -0.1) is 11.3 Å². The molecule has 0 bridgehead atoms. The van der Waals surface area contributed by atoms with Crippen molar-refractivity contribution in [2.75, 3.05) is 29.9 Å². The summed E-state index contributed by atoms with van der Waals surface area (Å²) in [6.45, 7) is -1.08. The number of rotatable bonds is 10. The first-order chi connectivity index (χ1) is 18.2. The van der Waals surface area contributed by atoms with Crippen molar-refractivity contribution in [3.05, 3.63) is 88.9 Å². The molecule has 0 aliphatic rings. The number of anilines is 2. The molecule has 0 radical (unpaired) electrons. The number of halogens is 1. The van der Waals surface area contributed by atoms with Gasteiger partial charge in [-0.1, -0.05) is 41.9 Å². The summed E-state index contributed by atoms with van der Waals surface area (Å²) in [5, 5.41) is 24.8. The number of ether oxygens (including phenoxy) is 1. The summed E-state index contributed by atoms with van der Waals surface area (Å²) in [5.74, 6) is -0.484. The molecule has 0 aliphatic carbocycles. The zero-order chi connectivity index (χ0) is 27.3. The minimum Gasteiger partial charge on any atom is -0.495 e. The topological polar surface area (TPSA) is 129 Å². The molecule has 0 saturated heterocycles. The number of aromatic nitrogens is 1. The molecule has 0 aliphatic heterocycles. The van der Waals surface area contributed by atoms with Crippen LogP contribution in [0, 0.1) is 0 Å². The number of nitrogens with one attached hydrogen (secondary N) is 1. The summed E-state index contributed by atoms with van der Waals surface area (Å²) in [5.41, 5.74) is 1.47. The van der Waals surface area contributed by atoms with Crippen molar-refractivity contribution < 1.29 is 28.2 Å². The van der Waals surface area contributed by atoms with Crippen LogP contribution in [0.3, 0.4) is 0 Å². The molecule has 198 valence electrons. The average molecular weight is 574 g/mol. The third-order valence-electron chi connectivity index (χ3n) is 5.45. The van der Waals surface area contributed by atoms with Crippen LogP contribution in [0.15, 0.2) is 83.1 Å². The number of carbonyl (C=O) groups excluding carboxylic acids is 1. The number of nitrogens with zero attached hydrogens (tertiary/aromatic N) is 2. The van der Waals surface area contributed by atoms with Crippen LogP contribution < -0.4 is 14.4 Å². The zero-order valence-corrected chi connectivity index (χ0v) is 22.5. The highest BCUT2D eigenvalue weighted by Gasteiger charge is 2.30. The van der Waals surface area contributed by atoms with Crippen LogP contribution >= 0.6 is 22.9 Å². The molecule has 4 rings (SSSR count). The number of hydrogen-bond donors (Lipinski definition) is 3. The number of sulfonamides is 1. The fourth-order valence-electron chi connectivity index (χ4n) is 3.56. The average Bonchev–Trinajstić information content (AvgIpc) is 3.43. The second kappa shape index (κ2) is 11.9. The lowest BCUT2D eigenvalue weighted by molar-refractivity contribution is 0.102. The van der Waals surface area contributed by atoms with Crippen molar-refractivity contribution in [1.82, 2.24) is 4.98 Å². The Morgan fingerprint density at radius 3 is 2.50 bits per heavy atom. The molecule has 1 atom stereocenters.